The average molecular weight is 307 g/mol. The number of hydrogen-bond donors (Lipinski definition) is 3. The topological polar surface area (TPSA) is 92.1 Å². The average Bonchev–Trinajstić information content (AvgIpc) is 2.98. The molecule has 0 radical (unpaired) electrons. The fraction of sp³-hybridized carbons (Fsp3) is 0.357. The second-order valence-corrected chi connectivity index (χ2v) is 4.91. The number of nitrogens with zero attached hydrogens (tertiary/aromatic N) is 3. The Labute approximate surface area is 127 Å². The molecule has 8 heteroatoms. The molecule has 1 aromatic heterocycles. The lowest BCUT2D eigenvalue weighted by molar-refractivity contribution is 0.168. The van der Waals surface area contributed by atoms with Crippen LogP contribution in [-0.4, -0.2) is 38.5 Å². The van der Waals surface area contributed by atoms with Crippen LogP contribution in [0.3, 0.4) is 0 Å². The molecular weight excluding hydrogens is 289 g/mol. The summed E-state index contributed by atoms with van der Waals surface area (Å²) in [5, 5.41) is 19.0. The molecule has 2 aromatic rings. The SMILES string of the molecule is CC(Cn1cncn1)NC(=O)NCC(O)c1ccccc1F. The van der Waals surface area contributed by atoms with E-state index in [4.69, 9.17) is 0 Å². The van der Waals surface area contributed by atoms with Gasteiger partial charge in [-0.2, -0.15) is 5.10 Å². The number of aromatic nitrogens is 3. The van der Waals surface area contributed by atoms with E-state index in [1.807, 2.05) is 6.92 Å². The highest BCUT2D eigenvalue weighted by molar-refractivity contribution is 5.74. The number of nitrogens with one attached hydrogen (secondary N) is 2. The van der Waals surface area contributed by atoms with Gasteiger partial charge in [0.1, 0.15) is 18.5 Å². The third-order valence-electron chi connectivity index (χ3n) is 3.03. The van der Waals surface area contributed by atoms with Crippen LogP contribution in [0.15, 0.2) is 36.9 Å². The number of aliphatic hydroxyl groups excluding tert-OH is 1. The predicted octanol–water partition coefficient (Wildman–Crippen LogP) is 0.839. The first-order valence-electron chi connectivity index (χ1n) is 6.85. The fourth-order valence-electron chi connectivity index (χ4n) is 1.97. The molecule has 7 nitrogen and oxygen atoms in total. The molecule has 22 heavy (non-hydrogen) atoms. The van der Waals surface area contributed by atoms with Gasteiger partial charge in [-0.3, -0.25) is 4.68 Å². The molecule has 118 valence electrons. The maximum atomic E-state index is 13.5. The third kappa shape index (κ3) is 4.52. The molecule has 2 rings (SSSR count). The second kappa shape index (κ2) is 7.51. The van der Waals surface area contributed by atoms with Crippen LogP contribution in [0.5, 0.6) is 0 Å². The van der Waals surface area contributed by atoms with Crippen molar-refractivity contribution in [1.29, 1.82) is 0 Å². The number of hydrogen-bond acceptors (Lipinski definition) is 4. The molecule has 0 fully saturated rings. The van der Waals surface area contributed by atoms with Gasteiger partial charge in [0.25, 0.3) is 0 Å². The van der Waals surface area contributed by atoms with E-state index in [9.17, 15) is 14.3 Å². The molecule has 0 spiro atoms. The van der Waals surface area contributed by atoms with Gasteiger partial charge >= 0.3 is 6.03 Å². The first-order valence-corrected chi connectivity index (χ1v) is 6.85. The van der Waals surface area contributed by atoms with Gasteiger partial charge in [-0.25, -0.2) is 14.2 Å². The number of urea groups is 1. The van der Waals surface area contributed by atoms with Crippen molar-refractivity contribution in [3.8, 4) is 0 Å². The van der Waals surface area contributed by atoms with E-state index in [0.29, 0.717) is 6.54 Å². The van der Waals surface area contributed by atoms with Gasteiger partial charge in [0.15, 0.2) is 0 Å². The minimum absolute atomic E-state index is 0.0805. The maximum Gasteiger partial charge on any atom is 0.315 e. The van der Waals surface area contributed by atoms with Gasteiger partial charge in [-0.15, -0.1) is 0 Å². The predicted molar refractivity (Wildman–Crippen MR) is 77.4 cm³/mol. The molecule has 1 aromatic carbocycles. The van der Waals surface area contributed by atoms with Gasteiger partial charge in [0.2, 0.25) is 0 Å². The van der Waals surface area contributed by atoms with Gasteiger partial charge in [-0.1, -0.05) is 18.2 Å². The number of rotatable bonds is 6. The maximum absolute atomic E-state index is 13.5. The Hall–Kier alpha value is -2.48. The molecule has 2 atom stereocenters. The van der Waals surface area contributed by atoms with Crippen molar-refractivity contribution in [2.24, 2.45) is 0 Å². The van der Waals surface area contributed by atoms with Crippen molar-refractivity contribution < 1.29 is 14.3 Å². The van der Waals surface area contributed by atoms with Gasteiger partial charge in [-0.05, 0) is 13.0 Å². The van der Waals surface area contributed by atoms with Gasteiger partial charge < -0.3 is 15.7 Å². The normalized spacial score (nSPS) is 13.4. The van der Waals surface area contributed by atoms with E-state index >= 15 is 0 Å². The number of halogens is 1. The first kappa shape index (κ1) is 15.9. The molecule has 0 aliphatic carbocycles. The minimum Gasteiger partial charge on any atom is -0.386 e. The molecule has 0 bridgehead atoms. The monoisotopic (exact) mass is 307 g/mol. The molecule has 0 saturated carbocycles. The van der Waals surface area contributed by atoms with Crippen molar-refractivity contribution in [2.75, 3.05) is 6.54 Å². The number of carbonyl (C=O) groups is 1. The van der Waals surface area contributed by atoms with Crippen LogP contribution in [0.1, 0.15) is 18.6 Å². The zero-order valence-corrected chi connectivity index (χ0v) is 12.1. The lowest BCUT2D eigenvalue weighted by Gasteiger charge is -2.16. The Kier molecular flexibility index (Phi) is 5.42. The van der Waals surface area contributed by atoms with E-state index in [1.54, 1.807) is 17.1 Å². The minimum atomic E-state index is -1.10. The molecule has 0 aliphatic rings. The largest absolute Gasteiger partial charge is 0.386 e. The molecule has 0 aliphatic heterocycles. The second-order valence-electron chi connectivity index (χ2n) is 4.91. The highest BCUT2D eigenvalue weighted by atomic mass is 19.1. The lowest BCUT2D eigenvalue weighted by atomic mass is 10.1. The summed E-state index contributed by atoms with van der Waals surface area (Å²) in [6.45, 7) is 2.21. The lowest BCUT2D eigenvalue weighted by Crippen LogP contribution is -2.43. The Morgan fingerprint density at radius 3 is 2.91 bits per heavy atom. The molecule has 2 unspecified atom stereocenters. The highest BCUT2D eigenvalue weighted by Crippen LogP contribution is 2.15. The summed E-state index contributed by atoms with van der Waals surface area (Å²) >= 11 is 0. The summed E-state index contributed by atoms with van der Waals surface area (Å²) in [4.78, 5) is 15.5. The first-order chi connectivity index (χ1) is 10.6. The summed E-state index contributed by atoms with van der Waals surface area (Å²) < 4.78 is 15.1. The van der Waals surface area contributed by atoms with Crippen molar-refractivity contribution in [1.82, 2.24) is 25.4 Å². The van der Waals surface area contributed by atoms with Crippen LogP contribution in [-0.2, 0) is 6.54 Å². The van der Waals surface area contributed by atoms with Crippen molar-refractivity contribution in [3.63, 3.8) is 0 Å². The molecule has 2 amide bonds. The van der Waals surface area contributed by atoms with Gasteiger partial charge in [0, 0.05) is 18.2 Å². The highest BCUT2D eigenvalue weighted by Gasteiger charge is 2.14. The van der Waals surface area contributed by atoms with E-state index in [1.165, 1.54) is 24.5 Å². The van der Waals surface area contributed by atoms with Crippen LogP contribution in [0.25, 0.3) is 0 Å². The number of aliphatic hydroxyl groups is 1. The van der Waals surface area contributed by atoms with Crippen LogP contribution >= 0.6 is 0 Å². The standard InChI is InChI=1S/C14H18FN5O2/c1-10(7-20-9-16-8-18-20)19-14(22)17-6-13(21)11-4-2-3-5-12(11)15/h2-5,8-10,13,21H,6-7H2,1H3,(H2,17,19,22). The van der Waals surface area contributed by atoms with Gasteiger partial charge in [0.05, 0.1) is 12.6 Å². The van der Waals surface area contributed by atoms with Crippen molar-refractivity contribution >= 4 is 6.03 Å². The van der Waals surface area contributed by atoms with Crippen LogP contribution in [0.4, 0.5) is 9.18 Å². The Morgan fingerprint density at radius 1 is 1.45 bits per heavy atom. The zero-order chi connectivity index (χ0) is 15.9. The number of amides is 2. The smallest absolute Gasteiger partial charge is 0.315 e. The molecule has 3 N–H and O–H groups in total. The number of benzene rings is 1. The molecular formula is C14H18FN5O2. The fourth-order valence-corrected chi connectivity index (χ4v) is 1.97. The number of carbonyl (C=O) groups excluding carboxylic acids is 1. The summed E-state index contributed by atoms with van der Waals surface area (Å²) in [6.07, 6.45) is 1.87. The summed E-state index contributed by atoms with van der Waals surface area (Å²) in [5.74, 6) is -0.503. The third-order valence-corrected chi connectivity index (χ3v) is 3.03. The Bertz CT molecular complexity index is 605. The van der Waals surface area contributed by atoms with Crippen LogP contribution in [0.2, 0.25) is 0 Å². The van der Waals surface area contributed by atoms with E-state index < -0.39 is 18.0 Å². The Morgan fingerprint density at radius 2 is 2.23 bits per heavy atom. The zero-order valence-electron chi connectivity index (χ0n) is 12.1. The van der Waals surface area contributed by atoms with E-state index in [2.05, 4.69) is 20.7 Å². The quantitative estimate of drug-likeness (QED) is 0.737. The molecule has 0 saturated heterocycles. The van der Waals surface area contributed by atoms with Crippen molar-refractivity contribution in [2.45, 2.75) is 25.6 Å². The van der Waals surface area contributed by atoms with Crippen LogP contribution < -0.4 is 10.6 Å². The summed E-state index contributed by atoms with van der Waals surface area (Å²) in [5.41, 5.74) is 0.151. The van der Waals surface area contributed by atoms with Crippen LogP contribution in [0, 0.1) is 5.82 Å². The molecule has 1 heterocycles. The van der Waals surface area contributed by atoms with E-state index in [-0.39, 0.29) is 18.2 Å². The Balaban J connectivity index is 1.76. The van der Waals surface area contributed by atoms with Crippen molar-refractivity contribution in [3.05, 3.63) is 48.3 Å². The summed E-state index contributed by atoms with van der Waals surface area (Å²) in [6, 6.07) is 5.29. The van der Waals surface area contributed by atoms with E-state index in [0.717, 1.165) is 0 Å². The summed E-state index contributed by atoms with van der Waals surface area (Å²) in [7, 11) is 0.